The Balaban J connectivity index is 2.35. The maximum absolute atomic E-state index is 11.1. The highest BCUT2D eigenvalue weighted by Gasteiger charge is 2.32. The van der Waals surface area contributed by atoms with Gasteiger partial charge in [-0.3, -0.25) is 10.1 Å². The lowest BCUT2D eigenvalue weighted by Gasteiger charge is -2.37. The molecule has 0 saturated heterocycles. The smallest absolute Gasteiger partial charge is 0.304 e. The standard InChI is InChI=1S/C12H18N2O4S/c1-8(16)11-7-10(14(17)18)12(19-11)13(5-6-15)9-3-2-4-9/h7-9,15-16H,2-6H2,1H3/t8-/m1/s1. The van der Waals surface area contributed by atoms with E-state index in [-0.39, 0.29) is 18.3 Å². The number of aliphatic hydroxyl groups excluding tert-OH is 2. The van der Waals surface area contributed by atoms with Crippen LogP contribution in [-0.2, 0) is 0 Å². The molecule has 1 atom stereocenters. The summed E-state index contributed by atoms with van der Waals surface area (Å²) in [5, 5.41) is 30.4. The molecule has 0 aliphatic heterocycles. The van der Waals surface area contributed by atoms with Crippen LogP contribution in [0.4, 0.5) is 10.7 Å². The third-order valence-electron chi connectivity index (χ3n) is 3.44. The van der Waals surface area contributed by atoms with Crippen molar-refractivity contribution >= 4 is 22.0 Å². The molecule has 1 aliphatic rings. The Morgan fingerprint density at radius 3 is 2.74 bits per heavy atom. The van der Waals surface area contributed by atoms with Crippen LogP contribution in [0.25, 0.3) is 0 Å². The minimum absolute atomic E-state index is 0.0289. The quantitative estimate of drug-likeness (QED) is 0.617. The first-order chi connectivity index (χ1) is 9.04. The summed E-state index contributed by atoms with van der Waals surface area (Å²) >= 11 is 1.24. The van der Waals surface area contributed by atoms with Crippen molar-refractivity contribution in [2.45, 2.75) is 38.3 Å². The molecule has 1 saturated carbocycles. The molecular formula is C12H18N2O4S. The number of thiophene rings is 1. The first-order valence-electron chi connectivity index (χ1n) is 6.38. The van der Waals surface area contributed by atoms with Gasteiger partial charge in [0.2, 0.25) is 0 Å². The SMILES string of the molecule is C[C@@H](O)c1cc([N+](=O)[O-])c(N(CCO)C2CCC2)s1. The Bertz CT molecular complexity index is 457. The van der Waals surface area contributed by atoms with Crippen LogP contribution in [0, 0.1) is 10.1 Å². The van der Waals surface area contributed by atoms with E-state index < -0.39 is 11.0 Å². The predicted molar refractivity (Wildman–Crippen MR) is 73.7 cm³/mol. The molecule has 0 unspecified atom stereocenters. The van der Waals surface area contributed by atoms with E-state index in [1.165, 1.54) is 17.4 Å². The Morgan fingerprint density at radius 1 is 1.63 bits per heavy atom. The van der Waals surface area contributed by atoms with Crippen LogP contribution in [0.2, 0.25) is 0 Å². The lowest BCUT2D eigenvalue weighted by molar-refractivity contribution is -0.383. The van der Waals surface area contributed by atoms with Gasteiger partial charge in [-0.15, -0.1) is 11.3 Å². The molecular weight excluding hydrogens is 268 g/mol. The van der Waals surface area contributed by atoms with Crippen molar-refractivity contribution in [3.05, 3.63) is 21.1 Å². The summed E-state index contributed by atoms with van der Waals surface area (Å²) in [4.78, 5) is 13.2. The van der Waals surface area contributed by atoms with E-state index >= 15 is 0 Å². The van der Waals surface area contributed by atoms with Crippen LogP contribution < -0.4 is 4.90 Å². The average Bonchev–Trinajstić information content (AvgIpc) is 2.70. The summed E-state index contributed by atoms with van der Waals surface area (Å²) in [7, 11) is 0. The van der Waals surface area contributed by atoms with Crippen molar-refractivity contribution in [1.82, 2.24) is 0 Å². The van der Waals surface area contributed by atoms with Crippen molar-refractivity contribution in [3.8, 4) is 0 Å². The highest BCUT2D eigenvalue weighted by atomic mass is 32.1. The fourth-order valence-electron chi connectivity index (χ4n) is 2.19. The van der Waals surface area contributed by atoms with Gasteiger partial charge in [0.15, 0.2) is 5.00 Å². The number of aliphatic hydroxyl groups is 2. The van der Waals surface area contributed by atoms with Gasteiger partial charge in [0, 0.05) is 23.5 Å². The summed E-state index contributed by atoms with van der Waals surface area (Å²) in [6.07, 6.45) is 2.41. The second-order valence-electron chi connectivity index (χ2n) is 4.77. The predicted octanol–water partition coefficient (Wildman–Crippen LogP) is 2.06. The van der Waals surface area contributed by atoms with Crippen molar-refractivity contribution in [2.75, 3.05) is 18.1 Å². The molecule has 7 heteroatoms. The summed E-state index contributed by atoms with van der Waals surface area (Å²) in [5.74, 6) is 0. The zero-order chi connectivity index (χ0) is 14.0. The number of rotatable bonds is 6. The lowest BCUT2D eigenvalue weighted by atomic mass is 9.91. The Kier molecular flexibility index (Phi) is 4.38. The molecule has 0 amide bonds. The molecule has 2 N–H and O–H groups in total. The Labute approximate surface area is 115 Å². The van der Waals surface area contributed by atoms with Gasteiger partial charge in [0.1, 0.15) is 0 Å². The van der Waals surface area contributed by atoms with Crippen LogP contribution in [-0.4, -0.2) is 34.3 Å². The van der Waals surface area contributed by atoms with E-state index in [0.29, 0.717) is 16.4 Å². The number of nitrogens with zero attached hydrogens (tertiary/aromatic N) is 2. The molecule has 0 aromatic carbocycles. The first-order valence-corrected chi connectivity index (χ1v) is 7.20. The van der Waals surface area contributed by atoms with Gasteiger partial charge >= 0.3 is 5.69 Å². The van der Waals surface area contributed by atoms with Gasteiger partial charge in [-0.05, 0) is 26.2 Å². The second kappa shape index (κ2) is 5.85. The summed E-state index contributed by atoms with van der Waals surface area (Å²) in [6, 6.07) is 1.71. The molecule has 6 nitrogen and oxygen atoms in total. The van der Waals surface area contributed by atoms with Crippen LogP contribution in [0.1, 0.15) is 37.2 Å². The van der Waals surface area contributed by atoms with E-state index in [1.807, 2.05) is 4.90 Å². The number of hydrogen-bond acceptors (Lipinski definition) is 6. The monoisotopic (exact) mass is 286 g/mol. The molecule has 1 aliphatic carbocycles. The zero-order valence-electron chi connectivity index (χ0n) is 10.8. The third-order valence-corrected chi connectivity index (χ3v) is 4.77. The lowest BCUT2D eigenvalue weighted by Crippen LogP contribution is -2.41. The number of hydrogen-bond donors (Lipinski definition) is 2. The zero-order valence-corrected chi connectivity index (χ0v) is 11.6. The van der Waals surface area contributed by atoms with Gasteiger partial charge in [-0.2, -0.15) is 0 Å². The molecule has 1 heterocycles. The van der Waals surface area contributed by atoms with E-state index in [9.17, 15) is 15.2 Å². The Hall–Kier alpha value is -1.18. The van der Waals surface area contributed by atoms with Crippen LogP contribution >= 0.6 is 11.3 Å². The summed E-state index contributed by atoms with van der Waals surface area (Å²) in [6.45, 7) is 1.96. The van der Waals surface area contributed by atoms with Crippen molar-refractivity contribution in [3.63, 3.8) is 0 Å². The van der Waals surface area contributed by atoms with Crippen LogP contribution in [0.5, 0.6) is 0 Å². The van der Waals surface area contributed by atoms with Gasteiger partial charge in [0.05, 0.1) is 17.6 Å². The van der Waals surface area contributed by atoms with Gasteiger partial charge in [-0.1, -0.05) is 0 Å². The topological polar surface area (TPSA) is 86.8 Å². The first kappa shape index (κ1) is 14.2. The maximum Gasteiger partial charge on any atom is 0.304 e. The van der Waals surface area contributed by atoms with Crippen LogP contribution in [0.3, 0.4) is 0 Å². The van der Waals surface area contributed by atoms with E-state index in [4.69, 9.17) is 5.11 Å². The molecule has 1 aromatic rings. The molecule has 1 aromatic heterocycles. The summed E-state index contributed by atoms with van der Waals surface area (Å²) in [5.41, 5.74) is 0.0289. The van der Waals surface area contributed by atoms with Gasteiger partial charge < -0.3 is 15.1 Å². The molecule has 0 bridgehead atoms. The minimum Gasteiger partial charge on any atom is -0.395 e. The largest absolute Gasteiger partial charge is 0.395 e. The highest BCUT2D eigenvalue weighted by Crippen LogP contribution is 2.43. The fourth-order valence-corrected chi connectivity index (χ4v) is 3.35. The van der Waals surface area contributed by atoms with E-state index in [0.717, 1.165) is 19.3 Å². The average molecular weight is 286 g/mol. The van der Waals surface area contributed by atoms with Crippen molar-refractivity contribution in [1.29, 1.82) is 0 Å². The molecule has 0 radical (unpaired) electrons. The van der Waals surface area contributed by atoms with E-state index in [1.54, 1.807) is 6.92 Å². The molecule has 106 valence electrons. The second-order valence-corrected chi connectivity index (χ2v) is 5.84. The van der Waals surface area contributed by atoms with Crippen molar-refractivity contribution in [2.24, 2.45) is 0 Å². The summed E-state index contributed by atoms with van der Waals surface area (Å²) < 4.78 is 0. The molecule has 0 spiro atoms. The molecule has 2 rings (SSSR count). The molecule has 1 fully saturated rings. The minimum atomic E-state index is -0.713. The van der Waals surface area contributed by atoms with Crippen molar-refractivity contribution < 1.29 is 15.1 Å². The third kappa shape index (κ3) is 2.88. The Morgan fingerprint density at radius 2 is 2.32 bits per heavy atom. The molecule has 19 heavy (non-hydrogen) atoms. The normalized spacial score (nSPS) is 17.0. The number of nitro groups is 1. The number of anilines is 1. The fraction of sp³-hybridized carbons (Fsp3) is 0.667. The van der Waals surface area contributed by atoms with Gasteiger partial charge in [-0.25, -0.2) is 0 Å². The van der Waals surface area contributed by atoms with E-state index in [2.05, 4.69) is 0 Å². The van der Waals surface area contributed by atoms with Gasteiger partial charge in [0.25, 0.3) is 0 Å². The van der Waals surface area contributed by atoms with Crippen LogP contribution in [0.15, 0.2) is 6.07 Å². The highest BCUT2D eigenvalue weighted by molar-refractivity contribution is 7.16. The maximum atomic E-state index is 11.1.